The summed E-state index contributed by atoms with van der Waals surface area (Å²) in [5, 5.41) is 15.7. The highest BCUT2D eigenvalue weighted by molar-refractivity contribution is 5.83. The largest absolute Gasteiger partial charge is 0.480 e. The number of anilines is 1. The summed E-state index contributed by atoms with van der Waals surface area (Å²) < 4.78 is 5.44. The Hall–Kier alpha value is -2.19. The Balaban J connectivity index is 1.84. The van der Waals surface area contributed by atoms with Crippen molar-refractivity contribution in [2.75, 3.05) is 38.6 Å². The van der Waals surface area contributed by atoms with Crippen molar-refractivity contribution in [3.8, 4) is 0 Å². The fourth-order valence-electron chi connectivity index (χ4n) is 4.18. The summed E-state index contributed by atoms with van der Waals surface area (Å²) in [6.45, 7) is 11.0. The van der Waals surface area contributed by atoms with Gasteiger partial charge < -0.3 is 25.4 Å². The molecule has 0 bridgehead atoms. The number of carbonyl (C=O) groups is 2. The maximum absolute atomic E-state index is 12.3. The molecule has 0 fully saturated rings. The van der Waals surface area contributed by atoms with Crippen LogP contribution in [0.2, 0.25) is 0 Å². The number of carboxylic acids is 1. The molecule has 1 aromatic rings. The van der Waals surface area contributed by atoms with Gasteiger partial charge in [-0.15, -0.1) is 0 Å². The molecule has 2 atom stereocenters. The molecule has 8 heteroatoms. The molecule has 0 saturated carbocycles. The van der Waals surface area contributed by atoms with Crippen LogP contribution in [0.25, 0.3) is 0 Å². The minimum Gasteiger partial charge on any atom is -0.480 e. The van der Waals surface area contributed by atoms with Crippen LogP contribution in [0.15, 0.2) is 12.1 Å². The van der Waals surface area contributed by atoms with Gasteiger partial charge >= 0.3 is 5.97 Å². The fraction of sp³-hybridized carbons (Fsp3) is 0.731. The first-order chi connectivity index (χ1) is 16.1. The molecule has 34 heavy (non-hydrogen) atoms. The Morgan fingerprint density at radius 3 is 2.71 bits per heavy atom. The highest BCUT2D eigenvalue weighted by Gasteiger charge is 2.24. The first kappa shape index (κ1) is 28.1. The van der Waals surface area contributed by atoms with Crippen molar-refractivity contribution in [1.29, 1.82) is 0 Å². The number of nitrogens with zero attached hydrogens (tertiary/aromatic N) is 2. The number of methoxy groups -OCH3 is 1. The van der Waals surface area contributed by atoms with Gasteiger partial charge in [0.1, 0.15) is 11.9 Å². The van der Waals surface area contributed by atoms with Crippen LogP contribution in [0.3, 0.4) is 0 Å². The lowest BCUT2D eigenvalue weighted by Crippen LogP contribution is -2.44. The Bertz CT molecular complexity index is 793. The molecule has 1 aliphatic heterocycles. The molecule has 2 rings (SSSR count). The molecule has 0 radical (unpaired) electrons. The van der Waals surface area contributed by atoms with Crippen LogP contribution in [0.5, 0.6) is 0 Å². The van der Waals surface area contributed by atoms with E-state index >= 15 is 0 Å². The van der Waals surface area contributed by atoms with E-state index in [9.17, 15) is 14.7 Å². The molecule has 2 heterocycles. The van der Waals surface area contributed by atoms with Crippen LogP contribution in [0, 0.1) is 5.41 Å². The summed E-state index contributed by atoms with van der Waals surface area (Å²) in [4.78, 5) is 31.0. The number of unbranched alkanes of at least 4 members (excludes halogenated alkanes) is 1. The normalized spacial score (nSPS) is 15.4. The fourth-order valence-corrected chi connectivity index (χ4v) is 4.18. The Morgan fingerprint density at radius 1 is 1.26 bits per heavy atom. The molecule has 192 valence electrons. The van der Waals surface area contributed by atoms with Gasteiger partial charge in [-0.1, -0.05) is 26.8 Å². The molecule has 0 aromatic carbocycles. The predicted octanol–water partition coefficient (Wildman–Crippen LogP) is 3.50. The number of nitrogens with one attached hydrogen (secondary N) is 2. The maximum atomic E-state index is 12.3. The van der Waals surface area contributed by atoms with Crippen molar-refractivity contribution in [3.05, 3.63) is 23.4 Å². The molecule has 0 aliphatic carbocycles. The summed E-state index contributed by atoms with van der Waals surface area (Å²) in [5.41, 5.74) is 2.23. The van der Waals surface area contributed by atoms with E-state index < -0.39 is 12.0 Å². The van der Waals surface area contributed by atoms with Crippen LogP contribution >= 0.6 is 0 Å². The number of aromatic nitrogens is 1. The zero-order chi connectivity index (χ0) is 25.1. The molecule has 1 aliphatic rings. The van der Waals surface area contributed by atoms with Crippen LogP contribution in [-0.4, -0.2) is 72.3 Å². The van der Waals surface area contributed by atoms with Gasteiger partial charge in [0.15, 0.2) is 0 Å². The second-order valence-corrected chi connectivity index (χ2v) is 10.6. The SMILES string of the molecule is COC(C)CN(CCCCc1ccc2c(n1)NCCC2)CCC(NC(=O)CC(C)(C)C)C(=O)O. The molecule has 1 aromatic heterocycles. The van der Waals surface area contributed by atoms with E-state index in [1.165, 1.54) is 5.56 Å². The van der Waals surface area contributed by atoms with Crippen molar-refractivity contribution >= 4 is 17.7 Å². The van der Waals surface area contributed by atoms with Crippen molar-refractivity contribution in [2.45, 2.75) is 84.8 Å². The quantitative estimate of drug-likeness (QED) is 0.353. The summed E-state index contributed by atoms with van der Waals surface area (Å²) in [6, 6.07) is 3.44. The second-order valence-electron chi connectivity index (χ2n) is 10.6. The number of amides is 1. The van der Waals surface area contributed by atoms with Gasteiger partial charge in [0, 0.05) is 38.9 Å². The molecule has 1 amide bonds. The van der Waals surface area contributed by atoms with Crippen LogP contribution in [-0.2, 0) is 27.2 Å². The lowest BCUT2D eigenvalue weighted by Gasteiger charge is -2.27. The van der Waals surface area contributed by atoms with Crippen molar-refractivity contribution in [2.24, 2.45) is 5.41 Å². The van der Waals surface area contributed by atoms with Crippen LogP contribution in [0.1, 0.15) is 71.1 Å². The zero-order valence-electron chi connectivity index (χ0n) is 21.7. The van der Waals surface area contributed by atoms with E-state index in [1.54, 1.807) is 7.11 Å². The third-order valence-corrected chi connectivity index (χ3v) is 6.08. The Morgan fingerprint density at radius 2 is 2.03 bits per heavy atom. The minimum absolute atomic E-state index is 0.0483. The maximum Gasteiger partial charge on any atom is 0.326 e. The number of fused-ring (bicyclic) bond motifs is 1. The average molecular weight is 477 g/mol. The van der Waals surface area contributed by atoms with Gasteiger partial charge in [-0.25, -0.2) is 9.78 Å². The van der Waals surface area contributed by atoms with Gasteiger partial charge in [0.05, 0.1) is 6.10 Å². The van der Waals surface area contributed by atoms with E-state index in [-0.39, 0.29) is 17.4 Å². The Kier molecular flexibility index (Phi) is 11.2. The van der Waals surface area contributed by atoms with Gasteiger partial charge in [-0.05, 0) is 69.0 Å². The van der Waals surface area contributed by atoms with Crippen molar-refractivity contribution in [3.63, 3.8) is 0 Å². The molecule has 2 unspecified atom stereocenters. The highest BCUT2D eigenvalue weighted by atomic mass is 16.5. The number of pyridine rings is 1. The molecule has 0 spiro atoms. The summed E-state index contributed by atoms with van der Waals surface area (Å²) in [5.74, 6) is -0.176. The van der Waals surface area contributed by atoms with E-state index in [0.29, 0.717) is 19.4 Å². The van der Waals surface area contributed by atoms with Crippen LogP contribution in [0.4, 0.5) is 5.82 Å². The second kappa shape index (κ2) is 13.6. The first-order valence-corrected chi connectivity index (χ1v) is 12.6. The molecule has 8 nitrogen and oxygen atoms in total. The number of aliphatic carboxylic acids is 1. The zero-order valence-corrected chi connectivity index (χ0v) is 21.7. The van der Waals surface area contributed by atoms with Gasteiger partial charge in [-0.2, -0.15) is 0 Å². The smallest absolute Gasteiger partial charge is 0.326 e. The summed E-state index contributed by atoms with van der Waals surface area (Å²) >= 11 is 0. The average Bonchev–Trinajstić information content (AvgIpc) is 2.77. The lowest BCUT2D eigenvalue weighted by molar-refractivity contribution is -0.142. The minimum atomic E-state index is -0.992. The summed E-state index contributed by atoms with van der Waals surface area (Å²) in [6.07, 6.45) is 5.87. The highest BCUT2D eigenvalue weighted by Crippen LogP contribution is 2.20. The molecule has 3 N–H and O–H groups in total. The molecular weight excluding hydrogens is 432 g/mol. The van der Waals surface area contributed by atoms with E-state index in [0.717, 1.165) is 63.3 Å². The summed E-state index contributed by atoms with van der Waals surface area (Å²) in [7, 11) is 1.69. The Labute approximate surface area is 204 Å². The van der Waals surface area contributed by atoms with Crippen LogP contribution < -0.4 is 10.6 Å². The monoisotopic (exact) mass is 476 g/mol. The number of carboxylic acid groups (broad SMARTS) is 1. The number of hydrogen-bond acceptors (Lipinski definition) is 6. The van der Waals surface area contributed by atoms with Gasteiger partial charge in [-0.3, -0.25) is 4.79 Å². The third-order valence-electron chi connectivity index (χ3n) is 6.08. The number of rotatable bonds is 14. The topological polar surface area (TPSA) is 104 Å². The molecule has 0 saturated heterocycles. The van der Waals surface area contributed by atoms with E-state index in [1.807, 2.05) is 27.7 Å². The predicted molar refractivity (Wildman–Crippen MR) is 135 cm³/mol. The van der Waals surface area contributed by atoms with E-state index in [2.05, 4.69) is 27.7 Å². The van der Waals surface area contributed by atoms with E-state index in [4.69, 9.17) is 9.72 Å². The number of ether oxygens (including phenoxy) is 1. The van der Waals surface area contributed by atoms with Crippen molar-refractivity contribution in [1.82, 2.24) is 15.2 Å². The number of carbonyl (C=O) groups excluding carboxylic acids is 1. The standard InChI is InChI=1S/C26H44N4O4/c1-19(34-5)18-30(16-13-22(25(32)33)29-23(31)17-26(2,3)4)15-7-6-10-21-12-11-20-9-8-14-27-24(20)28-21/h11-12,19,22H,6-10,13-18H2,1-5H3,(H,27,28)(H,29,31)(H,32,33). The molecular formula is C26H44N4O4. The van der Waals surface area contributed by atoms with Gasteiger partial charge in [0.25, 0.3) is 0 Å². The van der Waals surface area contributed by atoms with Gasteiger partial charge in [0.2, 0.25) is 5.91 Å². The van der Waals surface area contributed by atoms with Crippen molar-refractivity contribution < 1.29 is 19.4 Å². The number of aryl methyl sites for hydroxylation is 2. The lowest BCUT2D eigenvalue weighted by atomic mass is 9.92. The third kappa shape index (κ3) is 10.4. The number of hydrogen-bond donors (Lipinski definition) is 3. The first-order valence-electron chi connectivity index (χ1n) is 12.6.